The van der Waals surface area contributed by atoms with Crippen LogP contribution in [0, 0.1) is 17.9 Å². The fraction of sp³-hybridized carbons (Fsp3) is 0.0222. The highest BCUT2D eigenvalue weighted by Crippen LogP contribution is 2.54. The molecule has 0 N–H and O–H groups in total. The van der Waals surface area contributed by atoms with Crippen LogP contribution in [-0.2, 0) is 0 Å². The standard InChI is InChI=1S/C45H28N4O2/c1-47-34-24-22-32(23-25-34)45(31-20-18-30(29-46)19-21-31)33-26-35(48-37-10-2-6-14-41(37)50-42-15-7-3-11-38(42)48)28-36(27-33)49-39-12-4-8-16-43(39)51-44-17-9-5-13-40(44)49/h2-28,45H. The molecule has 6 heteroatoms. The maximum atomic E-state index is 9.63. The highest BCUT2D eigenvalue weighted by atomic mass is 16.5. The van der Waals surface area contributed by atoms with Crippen LogP contribution in [0.4, 0.5) is 39.8 Å². The van der Waals surface area contributed by atoms with Gasteiger partial charge in [-0.05, 0) is 95.6 Å². The van der Waals surface area contributed by atoms with Gasteiger partial charge in [0.05, 0.1) is 41.0 Å². The summed E-state index contributed by atoms with van der Waals surface area (Å²) in [5, 5.41) is 9.63. The third-order valence-electron chi connectivity index (χ3n) is 9.37. The topological polar surface area (TPSA) is 53.1 Å². The summed E-state index contributed by atoms with van der Waals surface area (Å²) in [6.07, 6.45) is 0. The molecule has 0 spiro atoms. The molecule has 1 unspecified atom stereocenters. The van der Waals surface area contributed by atoms with Crippen LogP contribution >= 0.6 is 0 Å². The van der Waals surface area contributed by atoms with Gasteiger partial charge in [0.15, 0.2) is 28.7 Å². The summed E-state index contributed by atoms with van der Waals surface area (Å²) in [6, 6.07) is 56.9. The van der Waals surface area contributed by atoms with Crippen molar-refractivity contribution in [3.63, 3.8) is 0 Å². The molecule has 0 aromatic heterocycles. The normalized spacial score (nSPS) is 12.8. The van der Waals surface area contributed by atoms with Crippen LogP contribution < -0.4 is 19.3 Å². The van der Waals surface area contributed by atoms with E-state index in [-0.39, 0.29) is 5.92 Å². The number of fused-ring (bicyclic) bond motifs is 4. The number of para-hydroxylation sites is 8. The predicted molar refractivity (Wildman–Crippen MR) is 201 cm³/mol. The van der Waals surface area contributed by atoms with Gasteiger partial charge < -0.3 is 19.3 Å². The lowest BCUT2D eigenvalue weighted by atomic mass is 9.84. The summed E-state index contributed by atoms with van der Waals surface area (Å²) < 4.78 is 12.8. The van der Waals surface area contributed by atoms with E-state index in [1.165, 1.54) is 0 Å². The first-order valence-electron chi connectivity index (χ1n) is 16.6. The molecule has 7 aromatic rings. The van der Waals surface area contributed by atoms with Crippen LogP contribution in [0.3, 0.4) is 0 Å². The molecule has 0 bridgehead atoms. The van der Waals surface area contributed by atoms with Gasteiger partial charge >= 0.3 is 0 Å². The fourth-order valence-electron chi connectivity index (χ4n) is 7.08. The van der Waals surface area contributed by atoms with Gasteiger partial charge in [0.1, 0.15) is 0 Å². The zero-order valence-corrected chi connectivity index (χ0v) is 27.3. The first-order valence-corrected chi connectivity index (χ1v) is 16.6. The van der Waals surface area contributed by atoms with Gasteiger partial charge in [0.2, 0.25) is 0 Å². The smallest absolute Gasteiger partial charge is 0.187 e. The molecule has 6 nitrogen and oxygen atoms in total. The first kappa shape index (κ1) is 29.8. The van der Waals surface area contributed by atoms with Crippen molar-refractivity contribution in [2.75, 3.05) is 9.80 Å². The molecule has 0 radical (unpaired) electrons. The Morgan fingerprint density at radius 2 is 0.882 bits per heavy atom. The van der Waals surface area contributed by atoms with Crippen molar-refractivity contribution in [3.8, 4) is 29.1 Å². The molecule has 7 aromatic carbocycles. The van der Waals surface area contributed by atoms with Crippen LogP contribution in [0.15, 0.2) is 164 Å². The van der Waals surface area contributed by atoms with Crippen LogP contribution in [0.5, 0.6) is 23.0 Å². The maximum Gasteiger partial charge on any atom is 0.187 e. The van der Waals surface area contributed by atoms with E-state index in [4.69, 9.17) is 16.0 Å². The molecule has 1 atom stereocenters. The fourth-order valence-corrected chi connectivity index (χ4v) is 7.08. The Bertz CT molecular complexity index is 2270. The van der Waals surface area contributed by atoms with Gasteiger partial charge in [-0.15, -0.1) is 0 Å². The highest BCUT2D eigenvalue weighted by Gasteiger charge is 2.31. The van der Waals surface area contributed by atoms with Crippen molar-refractivity contribution in [1.82, 2.24) is 0 Å². The van der Waals surface area contributed by atoms with E-state index < -0.39 is 0 Å². The lowest BCUT2D eigenvalue weighted by Crippen LogP contribution is -2.19. The van der Waals surface area contributed by atoms with E-state index in [2.05, 4.69) is 63.2 Å². The molecule has 2 heterocycles. The van der Waals surface area contributed by atoms with Crippen molar-refractivity contribution >= 4 is 39.8 Å². The molecule has 51 heavy (non-hydrogen) atoms. The van der Waals surface area contributed by atoms with Gasteiger partial charge in [-0.2, -0.15) is 5.26 Å². The molecule has 0 saturated heterocycles. The monoisotopic (exact) mass is 656 g/mol. The Morgan fingerprint density at radius 1 is 0.490 bits per heavy atom. The Hall–Kier alpha value is -7.28. The summed E-state index contributed by atoms with van der Waals surface area (Å²) >= 11 is 0. The summed E-state index contributed by atoms with van der Waals surface area (Å²) in [7, 11) is 0. The summed E-state index contributed by atoms with van der Waals surface area (Å²) in [4.78, 5) is 8.17. The minimum atomic E-state index is -0.228. The Kier molecular flexibility index (Phi) is 7.20. The van der Waals surface area contributed by atoms with Gasteiger partial charge in [-0.25, -0.2) is 4.85 Å². The lowest BCUT2D eigenvalue weighted by molar-refractivity contribution is 0.477. The largest absolute Gasteiger partial charge is 0.453 e. The minimum Gasteiger partial charge on any atom is -0.453 e. The van der Waals surface area contributed by atoms with E-state index in [9.17, 15) is 5.26 Å². The SMILES string of the molecule is [C-]#[N+]c1ccc(C(c2ccc(C#N)cc2)c2cc(N3c4ccccc4Oc4ccccc43)cc(N3c4ccccc4Oc4ccccc43)c2)cc1. The number of rotatable bonds is 5. The third-order valence-corrected chi connectivity index (χ3v) is 9.37. The van der Waals surface area contributed by atoms with Crippen LogP contribution in [0.25, 0.3) is 4.85 Å². The van der Waals surface area contributed by atoms with Crippen molar-refractivity contribution in [1.29, 1.82) is 5.26 Å². The Balaban J connectivity index is 1.34. The average molecular weight is 657 g/mol. The molecule has 240 valence electrons. The number of ether oxygens (including phenoxy) is 2. The molecule has 0 fully saturated rings. The van der Waals surface area contributed by atoms with E-state index in [0.29, 0.717) is 11.3 Å². The number of nitrogens with zero attached hydrogens (tertiary/aromatic N) is 4. The number of benzene rings is 7. The first-order chi connectivity index (χ1) is 25.2. The van der Waals surface area contributed by atoms with Crippen molar-refractivity contribution < 1.29 is 9.47 Å². The molecule has 2 aliphatic rings. The zero-order chi connectivity index (χ0) is 34.3. The molecule has 0 amide bonds. The molecule has 9 rings (SSSR count). The van der Waals surface area contributed by atoms with Gasteiger partial charge in [0.25, 0.3) is 0 Å². The average Bonchev–Trinajstić information content (AvgIpc) is 3.19. The van der Waals surface area contributed by atoms with Gasteiger partial charge in [0, 0.05) is 17.3 Å². The Labute approximate surface area is 296 Å². The third kappa shape index (κ3) is 5.20. The predicted octanol–water partition coefficient (Wildman–Crippen LogP) is 12.4. The zero-order valence-electron chi connectivity index (χ0n) is 27.3. The second-order valence-corrected chi connectivity index (χ2v) is 12.4. The molecule has 2 aliphatic heterocycles. The number of hydrogen-bond donors (Lipinski definition) is 0. The summed E-state index contributed by atoms with van der Waals surface area (Å²) in [5.74, 6) is 2.84. The minimum absolute atomic E-state index is 0.228. The van der Waals surface area contributed by atoms with E-state index >= 15 is 0 Å². The van der Waals surface area contributed by atoms with Crippen LogP contribution in [-0.4, -0.2) is 0 Å². The number of nitriles is 1. The molecular formula is C45H28N4O2. The van der Waals surface area contributed by atoms with Crippen molar-refractivity contribution in [2.45, 2.75) is 5.92 Å². The molecular weight excluding hydrogens is 629 g/mol. The van der Waals surface area contributed by atoms with Gasteiger partial charge in [-0.1, -0.05) is 84.9 Å². The highest BCUT2D eigenvalue weighted by molar-refractivity contribution is 5.91. The second-order valence-electron chi connectivity index (χ2n) is 12.4. The molecule has 0 saturated carbocycles. The van der Waals surface area contributed by atoms with E-state index in [1.54, 1.807) is 0 Å². The maximum absolute atomic E-state index is 9.63. The van der Waals surface area contributed by atoms with Crippen molar-refractivity contribution in [3.05, 3.63) is 197 Å². The van der Waals surface area contributed by atoms with E-state index in [1.807, 2.05) is 121 Å². The summed E-state index contributed by atoms with van der Waals surface area (Å²) in [6.45, 7) is 7.58. The quantitative estimate of drug-likeness (QED) is 0.136. The van der Waals surface area contributed by atoms with Crippen LogP contribution in [0.1, 0.15) is 28.2 Å². The second kappa shape index (κ2) is 12.3. The summed E-state index contributed by atoms with van der Waals surface area (Å²) in [5.41, 5.74) is 9.87. The van der Waals surface area contributed by atoms with E-state index in [0.717, 1.165) is 73.8 Å². The lowest BCUT2D eigenvalue weighted by Gasteiger charge is -2.36. The van der Waals surface area contributed by atoms with Gasteiger partial charge in [-0.3, -0.25) is 0 Å². The Morgan fingerprint density at radius 3 is 1.27 bits per heavy atom. The molecule has 0 aliphatic carbocycles. The number of hydrogen-bond acceptors (Lipinski definition) is 5. The number of anilines is 6. The van der Waals surface area contributed by atoms with Crippen molar-refractivity contribution in [2.24, 2.45) is 0 Å². The van der Waals surface area contributed by atoms with Crippen LogP contribution in [0.2, 0.25) is 0 Å².